The lowest BCUT2D eigenvalue weighted by atomic mass is 9.95. The first-order valence-electron chi connectivity index (χ1n) is 7.98. The molecule has 7 nitrogen and oxygen atoms in total. The molecule has 138 valence electrons. The monoisotopic (exact) mass is 376 g/mol. The van der Waals surface area contributed by atoms with Crippen LogP contribution in [0.15, 0.2) is 35.3 Å². The summed E-state index contributed by atoms with van der Waals surface area (Å²) in [5.41, 5.74) is 5.02. The number of para-hydroxylation sites is 1. The second-order valence-corrected chi connectivity index (χ2v) is 6.08. The van der Waals surface area contributed by atoms with Crippen molar-refractivity contribution in [3.8, 4) is 17.2 Å². The Morgan fingerprint density at radius 1 is 1.12 bits per heavy atom. The number of nitrogens with zero attached hydrogens (tertiary/aromatic N) is 1. The summed E-state index contributed by atoms with van der Waals surface area (Å²) in [6.07, 6.45) is 0. The van der Waals surface area contributed by atoms with E-state index in [0.29, 0.717) is 40.3 Å². The second kappa shape index (κ2) is 7.82. The molecule has 0 amide bonds. The summed E-state index contributed by atoms with van der Waals surface area (Å²) in [4.78, 5) is 4.61. The first kappa shape index (κ1) is 18.3. The molecular weight excluding hydrogens is 356 g/mol. The van der Waals surface area contributed by atoms with Gasteiger partial charge in [-0.15, -0.1) is 0 Å². The smallest absolute Gasteiger partial charge is 0.165 e. The van der Waals surface area contributed by atoms with Crippen LogP contribution >= 0.6 is 11.6 Å². The number of halogens is 1. The van der Waals surface area contributed by atoms with Gasteiger partial charge in [0.1, 0.15) is 17.3 Å². The largest absolute Gasteiger partial charge is 0.494 e. The topological polar surface area (TPSA) is 90.1 Å². The third-order valence-corrected chi connectivity index (χ3v) is 4.45. The zero-order valence-corrected chi connectivity index (χ0v) is 15.6. The molecule has 1 atom stereocenters. The van der Waals surface area contributed by atoms with Gasteiger partial charge in [0.25, 0.3) is 0 Å². The van der Waals surface area contributed by atoms with Crippen molar-refractivity contribution in [2.45, 2.75) is 6.04 Å². The number of amidine groups is 1. The van der Waals surface area contributed by atoms with Crippen LogP contribution in [0.5, 0.6) is 17.2 Å². The first-order chi connectivity index (χ1) is 12.6. The lowest BCUT2D eigenvalue weighted by molar-refractivity contribution is 0.349. The van der Waals surface area contributed by atoms with E-state index >= 15 is 0 Å². The Morgan fingerprint density at radius 3 is 2.54 bits per heavy atom. The van der Waals surface area contributed by atoms with Gasteiger partial charge in [0.15, 0.2) is 11.5 Å². The zero-order valence-electron chi connectivity index (χ0n) is 14.8. The number of hydrazine groups is 1. The summed E-state index contributed by atoms with van der Waals surface area (Å²) in [7, 11) is 4.80. The molecule has 1 heterocycles. The fourth-order valence-electron chi connectivity index (χ4n) is 3.07. The Balaban J connectivity index is 2.23. The van der Waals surface area contributed by atoms with Crippen LogP contribution in [0.25, 0.3) is 0 Å². The van der Waals surface area contributed by atoms with Crippen LogP contribution in [-0.2, 0) is 0 Å². The quantitative estimate of drug-likeness (QED) is 0.561. The minimum absolute atomic E-state index is 0.253. The number of ether oxygens (including phenoxy) is 3. The molecule has 8 heteroatoms. The van der Waals surface area contributed by atoms with Crippen molar-refractivity contribution in [3.05, 3.63) is 46.5 Å². The average Bonchev–Trinajstić information content (AvgIpc) is 2.85. The van der Waals surface area contributed by atoms with Crippen molar-refractivity contribution in [2.75, 3.05) is 27.9 Å². The van der Waals surface area contributed by atoms with Crippen LogP contribution in [-0.4, -0.2) is 33.7 Å². The number of hydrogen-bond donors (Lipinski definition) is 3. The number of aliphatic imine (C=N–C) groups is 1. The standard InChI is InChI=1S/C18H21ClN4O3/c1-24-13-6-4-5-11(18(13)26-3)16-12-7-10(19)8-14(25-2)17(12)22-15(23-20)9-21-16/h4-8,16,21H,9,20H2,1-3H3,(H,22,23)/t16-/m1/s1. The maximum atomic E-state index is 6.32. The van der Waals surface area contributed by atoms with Crippen molar-refractivity contribution in [3.63, 3.8) is 0 Å². The molecule has 0 unspecified atom stereocenters. The molecule has 2 aromatic rings. The predicted octanol–water partition coefficient (Wildman–Crippen LogP) is 2.55. The molecule has 1 aliphatic heterocycles. The van der Waals surface area contributed by atoms with E-state index in [9.17, 15) is 0 Å². The van der Waals surface area contributed by atoms with E-state index in [1.165, 1.54) is 0 Å². The van der Waals surface area contributed by atoms with E-state index in [4.69, 9.17) is 31.7 Å². The highest BCUT2D eigenvalue weighted by molar-refractivity contribution is 6.31. The maximum absolute atomic E-state index is 6.32. The highest BCUT2D eigenvalue weighted by Crippen LogP contribution is 2.44. The van der Waals surface area contributed by atoms with Crippen LogP contribution in [0.2, 0.25) is 5.02 Å². The van der Waals surface area contributed by atoms with Gasteiger partial charge in [0.2, 0.25) is 0 Å². The minimum atomic E-state index is -0.253. The number of hydrogen-bond acceptors (Lipinski definition) is 7. The number of fused-ring (bicyclic) bond motifs is 1. The molecule has 0 fully saturated rings. The van der Waals surface area contributed by atoms with E-state index in [0.717, 1.165) is 11.1 Å². The molecular formula is C18H21ClN4O3. The third-order valence-electron chi connectivity index (χ3n) is 4.23. The summed E-state index contributed by atoms with van der Waals surface area (Å²) in [5.74, 6) is 8.03. The number of nitrogens with two attached hydrogens (primary N) is 1. The molecule has 1 aliphatic rings. The van der Waals surface area contributed by atoms with Gasteiger partial charge < -0.3 is 19.6 Å². The van der Waals surface area contributed by atoms with Crippen LogP contribution < -0.4 is 30.8 Å². The Morgan fingerprint density at radius 2 is 1.88 bits per heavy atom. The van der Waals surface area contributed by atoms with Crippen molar-refractivity contribution in [1.82, 2.24) is 10.7 Å². The van der Waals surface area contributed by atoms with Crippen molar-refractivity contribution < 1.29 is 14.2 Å². The Hall–Kier alpha value is -2.48. The molecule has 0 saturated heterocycles. The molecule has 0 radical (unpaired) electrons. The maximum Gasteiger partial charge on any atom is 0.165 e. The number of benzene rings is 2. The van der Waals surface area contributed by atoms with Crippen molar-refractivity contribution in [2.24, 2.45) is 10.8 Å². The van der Waals surface area contributed by atoms with Gasteiger partial charge in [0.05, 0.1) is 33.9 Å². The lowest BCUT2D eigenvalue weighted by Gasteiger charge is -2.23. The molecule has 4 N–H and O–H groups in total. The molecule has 0 saturated carbocycles. The van der Waals surface area contributed by atoms with E-state index in [1.54, 1.807) is 27.4 Å². The van der Waals surface area contributed by atoms with Gasteiger partial charge >= 0.3 is 0 Å². The van der Waals surface area contributed by atoms with Gasteiger partial charge in [0, 0.05) is 22.2 Å². The Kier molecular flexibility index (Phi) is 5.51. The van der Waals surface area contributed by atoms with Crippen molar-refractivity contribution >= 4 is 23.1 Å². The normalized spacial score (nSPS) is 16.2. The number of rotatable bonds is 4. The molecule has 0 aliphatic carbocycles. The highest BCUT2D eigenvalue weighted by atomic mass is 35.5. The zero-order chi connectivity index (χ0) is 18.7. The lowest BCUT2D eigenvalue weighted by Crippen LogP contribution is -2.38. The molecule has 0 spiro atoms. The van der Waals surface area contributed by atoms with Gasteiger partial charge in [-0.3, -0.25) is 5.32 Å². The third kappa shape index (κ3) is 3.29. The van der Waals surface area contributed by atoms with E-state index in [-0.39, 0.29) is 6.04 Å². The van der Waals surface area contributed by atoms with E-state index in [2.05, 4.69) is 15.7 Å². The van der Waals surface area contributed by atoms with Crippen LogP contribution in [0.4, 0.5) is 5.69 Å². The van der Waals surface area contributed by atoms with Gasteiger partial charge in [-0.25, -0.2) is 10.8 Å². The fraction of sp³-hybridized carbons (Fsp3) is 0.278. The van der Waals surface area contributed by atoms with Crippen LogP contribution in [0.3, 0.4) is 0 Å². The van der Waals surface area contributed by atoms with Crippen LogP contribution in [0, 0.1) is 0 Å². The molecule has 26 heavy (non-hydrogen) atoms. The van der Waals surface area contributed by atoms with Gasteiger partial charge in [-0.1, -0.05) is 23.7 Å². The second-order valence-electron chi connectivity index (χ2n) is 5.65. The Bertz CT molecular complexity index is 841. The summed E-state index contributed by atoms with van der Waals surface area (Å²) < 4.78 is 16.5. The van der Waals surface area contributed by atoms with Gasteiger partial charge in [-0.05, 0) is 12.1 Å². The molecule has 3 rings (SSSR count). The summed E-state index contributed by atoms with van der Waals surface area (Å²) >= 11 is 6.32. The molecule has 2 aromatic carbocycles. The van der Waals surface area contributed by atoms with Crippen molar-refractivity contribution in [1.29, 1.82) is 0 Å². The van der Waals surface area contributed by atoms with Gasteiger partial charge in [-0.2, -0.15) is 0 Å². The molecule has 0 bridgehead atoms. The minimum Gasteiger partial charge on any atom is -0.494 e. The number of methoxy groups -OCH3 is 3. The molecule has 0 aromatic heterocycles. The SMILES string of the molecule is COc1cc(Cl)cc2c1N=C(NN)CN[C@@H]2c1cccc(OC)c1OC. The summed E-state index contributed by atoms with van der Waals surface area (Å²) in [6.45, 7) is 0.428. The van der Waals surface area contributed by atoms with E-state index < -0.39 is 0 Å². The predicted molar refractivity (Wildman–Crippen MR) is 102 cm³/mol. The summed E-state index contributed by atoms with van der Waals surface area (Å²) in [6, 6.07) is 9.06. The Labute approximate surface area is 157 Å². The fourth-order valence-corrected chi connectivity index (χ4v) is 3.29. The summed E-state index contributed by atoms with van der Waals surface area (Å²) in [5, 5.41) is 3.99. The first-order valence-corrected chi connectivity index (χ1v) is 8.36. The highest BCUT2D eigenvalue weighted by Gasteiger charge is 2.27. The van der Waals surface area contributed by atoms with E-state index in [1.807, 2.05) is 24.3 Å². The van der Waals surface area contributed by atoms with Crippen LogP contribution in [0.1, 0.15) is 17.2 Å². The number of nitrogens with one attached hydrogen (secondary N) is 2. The average molecular weight is 377 g/mol.